The van der Waals surface area contributed by atoms with Crippen molar-refractivity contribution in [3.8, 4) is 0 Å². The van der Waals surface area contributed by atoms with Crippen LogP contribution in [0, 0.1) is 0 Å². The molecule has 0 unspecified atom stereocenters. The van der Waals surface area contributed by atoms with E-state index < -0.39 is 0 Å². The van der Waals surface area contributed by atoms with Crippen molar-refractivity contribution in [2.45, 2.75) is 32.9 Å². The maximum absolute atomic E-state index is 12.6. The predicted molar refractivity (Wildman–Crippen MR) is 114 cm³/mol. The SMILES string of the molecule is CCc1ccc2[nH]c(=O)c(CN(CCCO)C(=S)NCc3ccco3)cc2c1. The summed E-state index contributed by atoms with van der Waals surface area (Å²) in [7, 11) is 0. The molecule has 0 amide bonds. The number of hydrogen-bond donors (Lipinski definition) is 3. The number of aryl methyl sites for hydroxylation is 1. The van der Waals surface area contributed by atoms with Crippen LogP contribution < -0.4 is 10.9 Å². The van der Waals surface area contributed by atoms with Crippen molar-refractivity contribution in [2.24, 2.45) is 0 Å². The molecule has 7 heteroatoms. The molecule has 1 aromatic carbocycles. The molecule has 0 saturated carbocycles. The average Bonchev–Trinajstić information content (AvgIpc) is 3.22. The fourth-order valence-corrected chi connectivity index (χ4v) is 3.27. The third kappa shape index (κ3) is 4.99. The number of aliphatic hydroxyl groups excluding tert-OH is 1. The standard InChI is InChI=1S/C21H25N3O3S/c1-2-15-6-7-19-16(11-15)12-17(20(26)23-19)14-24(8-4-9-25)21(28)22-13-18-5-3-10-27-18/h3,5-7,10-12,25H,2,4,8-9,13-14H2,1H3,(H,22,28)(H,23,26). The first-order valence-electron chi connectivity index (χ1n) is 9.41. The van der Waals surface area contributed by atoms with Crippen LogP contribution in [0.5, 0.6) is 0 Å². The topological polar surface area (TPSA) is 81.5 Å². The van der Waals surface area contributed by atoms with Gasteiger partial charge in [0, 0.05) is 24.2 Å². The highest BCUT2D eigenvalue weighted by Gasteiger charge is 2.13. The van der Waals surface area contributed by atoms with Gasteiger partial charge in [-0.2, -0.15) is 0 Å². The van der Waals surface area contributed by atoms with Crippen LogP contribution in [0.15, 0.2) is 51.9 Å². The molecule has 3 rings (SSSR count). The molecule has 0 spiro atoms. The van der Waals surface area contributed by atoms with Gasteiger partial charge in [0.05, 0.1) is 19.4 Å². The number of furan rings is 1. The number of aliphatic hydroxyl groups is 1. The Morgan fingerprint density at radius 3 is 2.89 bits per heavy atom. The van der Waals surface area contributed by atoms with Crippen molar-refractivity contribution in [1.29, 1.82) is 0 Å². The minimum Gasteiger partial charge on any atom is -0.467 e. The molecule has 0 aliphatic rings. The van der Waals surface area contributed by atoms with Gasteiger partial charge >= 0.3 is 0 Å². The molecule has 6 nitrogen and oxygen atoms in total. The molecule has 28 heavy (non-hydrogen) atoms. The Hall–Kier alpha value is -2.64. The fourth-order valence-electron chi connectivity index (χ4n) is 3.05. The first-order chi connectivity index (χ1) is 13.6. The quantitative estimate of drug-likeness (QED) is 0.505. The van der Waals surface area contributed by atoms with Gasteiger partial charge < -0.3 is 24.7 Å². The summed E-state index contributed by atoms with van der Waals surface area (Å²) in [5.41, 5.74) is 2.56. The number of H-pyrrole nitrogens is 1. The molecule has 0 fully saturated rings. The van der Waals surface area contributed by atoms with Gasteiger partial charge in [0.1, 0.15) is 5.76 Å². The number of nitrogens with zero attached hydrogens (tertiary/aromatic N) is 1. The lowest BCUT2D eigenvalue weighted by molar-refractivity contribution is 0.264. The number of fused-ring (bicyclic) bond motifs is 1. The second kappa shape index (κ2) is 9.52. The molecule has 3 N–H and O–H groups in total. The molecule has 0 saturated heterocycles. The minimum atomic E-state index is -0.125. The number of aromatic amines is 1. The van der Waals surface area contributed by atoms with E-state index in [-0.39, 0.29) is 12.2 Å². The molecule has 0 aliphatic carbocycles. The minimum absolute atomic E-state index is 0.0607. The van der Waals surface area contributed by atoms with E-state index in [1.54, 1.807) is 6.26 Å². The Balaban J connectivity index is 1.79. The van der Waals surface area contributed by atoms with Crippen molar-refractivity contribution in [2.75, 3.05) is 13.2 Å². The molecular formula is C21H25N3O3S. The Labute approximate surface area is 169 Å². The van der Waals surface area contributed by atoms with E-state index in [9.17, 15) is 9.90 Å². The maximum Gasteiger partial charge on any atom is 0.253 e. The molecular weight excluding hydrogens is 374 g/mol. The number of rotatable bonds is 8. The van der Waals surface area contributed by atoms with E-state index in [0.29, 0.717) is 36.7 Å². The maximum atomic E-state index is 12.6. The summed E-state index contributed by atoms with van der Waals surface area (Å²) in [5, 5.41) is 13.9. The van der Waals surface area contributed by atoms with Crippen molar-refractivity contribution < 1.29 is 9.52 Å². The normalized spacial score (nSPS) is 10.9. The van der Waals surface area contributed by atoms with Crippen molar-refractivity contribution in [3.05, 3.63) is 69.9 Å². The van der Waals surface area contributed by atoms with Gasteiger partial charge in [-0.15, -0.1) is 0 Å². The number of thiocarbonyl (C=S) groups is 1. The van der Waals surface area contributed by atoms with Crippen molar-refractivity contribution in [3.63, 3.8) is 0 Å². The van der Waals surface area contributed by atoms with E-state index in [1.807, 2.05) is 35.2 Å². The molecule has 0 atom stereocenters. The fraction of sp³-hybridized carbons (Fsp3) is 0.333. The highest BCUT2D eigenvalue weighted by Crippen LogP contribution is 2.15. The second-order valence-electron chi connectivity index (χ2n) is 6.64. The molecule has 148 valence electrons. The number of hydrogen-bond acceptors (Lipinski definition) is 4. The Kier molecular flexibility index (Phi) is 6.84. The van der Waals surface area contributed by atoms with E-state index in [1.165, 1.54) is 5.56 Å². The highest BCUT2D eigenvalue weighted by molar-refractivity contribution is 7.80. The first kappa shape index (κ1) is 20.1. The van der Waals surface area contributed by atoms with Crippen LogP contribution in [0.25, 0.3) is 10.9 Å². The van der Waals surface area contributed by atoms with E-state index >= 15 is 0 Å². The van der Waals surface area contributed by atoms with E-state index in [4.69, 9.17) is 16.6 Å². The van der Waals surface area contributed by atoms with Gasteiger partial charge in [-0.1, -0.05) is 13.0 Å². The Morgan fingerprint density at radius 1 is 1.32 bits per heavy atom. The summed E-state index contributed by atoms with van der Waals surface area (Å²) >= 11 is 5.52. The Bertz CT molecular complexity index is 982. The molecule has 2 aromatic heterocycles. The first-order valence-corrected chi connectivity index (χ1v) is 9.82. The zero-order valence-corrected chi connectivity index (χ0v) is 16.7. The van der Waals surface area contributed by atoms with Gasteiger partial charge in [0.15, 0.2) is 5.11 Å². The summed E-state index contributed by atoms with van der Waals surface area (Å²) in [6.07, 6.45) is 3.12. The molecule has 2 heterocycles. The summed E-state index contributed by atoms with van der Waals surface area (Å²) in [6.45, 7) is 3.55. The van der Waals surface area contributed by atoms with Gasteiger partial charge in [0.2, 0.25) is 0 Å². The zero-order chi connectivity index (χ0) is 19.9. The van der Waals surface area contributed by atoms with Gasteiger partial charge in [0.25, 0.3) is 5.56 Å². The molecule has 0 aliphatic heterocycles. The van der Waals surface area contributed by atoms with Crippen LogP contribution >= 0.6 is 12.2 Å². The molecule has 3 aromatic rings. The van der Waals surface area contributed by atoms with Gasteiger partial charge in [-0.05, 0) is 66.3 Å². The summed E-state index contributed by atoms with van der Waals surface area (Å²) in [5.74, 6) is 0.778. The third-order valence-corrected chi connectivity index (χ3v) is 5.02. The van der Waals surface area contributed by atoms with E-state index in [0.717, 1.165) is 23.1 Å². The van der Waals surface area contributed by atoms with Crippen molar-refractivity contribution in [1.82, 2.24) is 15.2 Å². The smallest absolute Gasteiger partial charge is 0.253 e. The number of nitrogens with one attached hydrogen (secondary N) is 2. The summed E-state index contributed by atoms with van der Waals surface area (Å²) in [4.78, 5) is 17.4. The number of aromatic nitrogens is 1. The lowest BCUT2D eigenvalue weighted by atomic mass is 10.1. The third-order valence-electron chi connectivity index (χ3n) is 4.62. The largest absolute Gasteiger partial charge is 0.467 e. The van der Waals surface area contributed by atoms with Crippen LogP contribution in [0.4, 0.5) is 0 Å². The summed E-state index contributed by atoms with van der Waals surface area (Å²) in [6, 6.07) is 11.7. The number of benzene rings is 1. The van der Waals surface area contributed by atoms with E-state index in [2.05, 4.69) is 23.3 Å². The van der Waals surface area contributed by atoms with Gasteiger partial charge in [-0.25, -0.2) is 0 Å². The predicted octanol–water partition coefficient (Wildman–Crippen LogP) is 2.94. The lowest BCUT2D eigenvalue weighted by Crippen LogP contribution is -2.40. The zero-order valence-electron chi connectivity index (χ0n) is 15.9. The second-order valence-corrected chi connectivity index (χ2v) is 7.02. The highest BCUT2D eigenvalue weighted by atomic mass is 32.1. The molecule has 0 bridgehead atoms. The lowest BCUT2D eigenvalue weighted by Gasteiger charge is -2.25. The van der Waals surface area contributed by atoms with Crippen molar-refractivity contribution >= 4 is 28.2 Å². The van der Waals surface area contributed by atoms with Crippen LogP contribution in [0.3, 0.4) is 0 Å². The summed E-state index contributed by atoms with van der Waals surface area (Å²) < 4.78 is 5.32. The number of pyridine rings is 1. The molecule has 0 radical (unpaired) electrons. The van der Waals surface area contributed by atoms with Gasteiger partial charge in [-0.3, -0.25) is 4.79 Å². The average molecular weight is 400 g/mol. The Morgan fingerprint density at radius 2 is 2.18 bits per heavy atom. The van der Waals surface area contributed by atoms with Crippen LogP contribution in [-0.2, 0) is 19.5 Å². The van der Waals surface area contributed by atoms with Crippen LogP contribution in [0.1, 0.15) is 30.2 Å². The van der Waals surface area contributed by atoms with Crippen LogP contribution in [-0.4, -0.2) is 33.3 Å². The monoisotopic (exact) mass is 399 g/mol. The van der Waals surface area contributed by atoms with Crippen LogP contribution in [0.2, 0.25) is 0 Å².